The van der Waals surface area contributed by atoms with Gasteiger partial charge in [0.1, 0.15) is 0 Å². The van der Waals surface area contributed by atoms with Gasteiger partial charge < -0.3 is 11.1 Å². The number of para-hydroxylation sites is 1. The first-order chi connectivity index (χ1) is 7.86. The topological polar surface area (TPSA) is 72.2 Å². The Balaban J connectivity index is 3.07. The number of nitrogen functional groups attached to an aromatic ring is 1. The Morgan fingerprint density at radius 1 is 1.53 bits per heavy atom. The smallest absolute Gasteiger partial charge is 0.177 e. The molecule has 0 fully saturated rings. The van der Waals surface area contributed by atoms with Gasteiger partial charge in [0.25, 0.3) is 0 Å². The van der Waals surface area contributed by atoms with Crippen LogP contribution in [0.2, 0.25) is 0 Å². The van der Waals surface area contributed by atoms with Crippen LogP contribution in [0.1, 0.15) is 13.3 Å². The van der Waals surface area contributed by atoms with Crippen molar-refractivity contribution < 1.29 is 8.42 Å². The van der Waals surface area contributed by atoms with Gasteiger partial charge in [0.15, 0.2) is 9.84 Å². The van der Waals surface area contributed by atoms with Crippen molar-refractivity contribution >= 4 is 21.2 Å². The van der Waals surface area contributed by atoms with Crippen LogP contribution in [0.15, 0.2) is 35.7 Å². The molecule has 1 rings (SSSR count). The summed E-state index contributed by atoms with van der Waals surface area (Å²) in [5.74, 6) is 0. The minimum Gasteiger partial charge on any atom is -0.396 e. The van der Waals surface area contributed by atoms with Gasteiger partial charge in [-0.15, -0.1) is 6.58 Å². The fourth-order valence-electron chi connectivity index (χ4n) is 1.57. The average molecular weight is 254 g/mol. The molecule has 94 valence electrons. The second kappa shape index (κ2) is 5.23. The highest BCUT2D eigenvalue weighted by Crippen LogP contribution is 2.27. The first-order valence-electron chi connectivity index (χ1n) is 5.32. The lowest BCUT2D eigenvalue weighted by molar-refractivity contribution is 0.602. The monoisotopic (exact) mass is 254 g/mol. The van der Waals surface area contributed by atoms with Crippen LogP contribution in [0, 0.1) is 0 Å². The molecule has 0 amide bonds. The fraction of sp³-hybridized carbons (Fsp3) is 0.333. The molecule has 0 heterocycles. The zero-order chi connectivity index (χ0) is 13.1. The van der Waals surface area contributed by atoms with E-state index in [1.807, 2.05) is 6.92 Å². The molecule has 0 spiro atoms. The number of benzene rings is 1. The Morgan fingerprint density at radius 3 is 2.71 bits per heavy atom. The van der Waals surface area contributed by atoms with Crippen molar-refractivity contribution in [2.75, 3.05) is 17.3 Å². The first-order valence-corrected chi connectivity index (χ1v) is 7.21. The molecule has 17 heavy (non-hydrogen) atoms. The molecule has 5 heteroatoms. The van der Waals surface area contributed by atoms with Gasteiger partial charge in [-0.25, -0.2) is 8.42 Å². The van der Waals surface area contributed by atoms with Crippen molar-refractivity contribution in [3.8, 4) is 0 Å². The van der Waals surface area contributed by atoms with Crippen LogP contribution < -0.4 is 11.1 Å². The van der Waals surface area contributed by atoms with Crippen molar-refractivity contribution in [2.45, 2.75) is 24.3 Å². The largest absolute Gasteiger partial charge is 0.396 e. The minimum atomic E-state index is -3.29. The molecule has 0 aromatic heterocycles. The fourth-order valence-corrected chi connectivity index (χ4v) is 2.40. The lowest BCUT2D eigenvalue weighted by atomic mass is 10.2. The van der Waals surface area contributed by atoms with Gasteiger partial charge in [0.2, 0.25) is 0 Å². The van der Waals surface area contributed by atoms with E-state index in [9.17, 15) is 8.42 Å². The summed E-state index contributed by atoms with van der Waals surface area (Å²) in [6, 6.07) is 5.11. The molecule has 1 atom stereocenters. The van der Waals surface area contributed by atoms with Crippen LogP contribution in [0.4, 0.5) is 11.4 Å². The second-order valence-electron chi connectivity index (χ2n) is 4.06. The Hall–Kier alpha value is -1.49. The molecule has 0 aliphatic heterocycles. The maximum atomic E-state index is 11.5. The lowest BCUT2D eigenvalue weighted by Crippen LogP contribution is -2.16. The third-order valence-corrected chi connectivity index (χ3v) is 3.54. The number of sulfone groups is 1. The predicted molar refractivity (Wildman–Crippen MR) is 71.9 cm³/mol. The van der Waals surface area contributed by atoms with Crippen LogP contribution in [0.3, 0.4) is 0 Å². The molecule has 4 nitrogen and oxygen atoms in total. The van der Waals surface area contributed by atoms with E-state index in [2.05, 4.69) is 11.9 Å². The van der Waals surface area contributed by atoms with Gasteiger partial charge in [0, 0.05) is 12.3 Å². The highest BCUT2D eigenvalue weighted by Gasteiger charge is 2.14. The average Bonchev–Trinajstić information content (AvgIpc) is 2.19. The third kappa shape index (κ3) is 3.49. The van der Waals surface area contributed by atoms with Crippen molar-refractivity contribution in [2.24, 2.45) is 0 Å². The van der Waals surface area contributed by atoms with E-state index in [0.717, 1.165) is 12.7 Å². The number of nitrogens with one attached hydrogen (secondary N) is 1. The standard InChI is InChI=1S/C12H18N2O2S/c1-4-6-9(2)14-10-7-5-8-11(12(10)13)17(3,15)16/h4-5,7-9,14H,1,6,13H2,2-3H3. The van der Waals surface area contributed by atoms with E-state index in [4.69, 9.17) is 5.73 Å². The Morgan fingerprint density at radius 2 is 2.18 bits per heavy atom. The molecule has 0 radical (unpaired) electrons. The summed E-state index contributed by atoms with van der Waals surface area (Å²) in [6.45, 7) is 5.63. The van der Waals surface area contributed by atoms with Gasteiger partial charge in [-0.2, -0.15) is 0 Å². The SMILES string of the molecule is C=CCC(C)Nc1cccc(S(C)(=O)=O)c1N. The van der Waals surface area contributed by atoms with Crippen LogP contribution in [0.5, 0.6) is 0 Å². The van der Waals surface area contributed by atoms with Crippen LogP contribution in [-0.2, 0) is 9.84 Å². The predicted octanol–water partition coefficient (Wildman–Crippen LogP) is 2.05. The Labute approximate surface area is 102 Å². The van der Waals surface area contributed by atoms with E-state index in [0.29, 0.717) is 5.69 Å². The van der Waals surface area contributed by atoms with Crippen molar-refractivity contribution in [1.29, 1.82) is 0 Å². The van der Waals surface area contributed by atoms with Crippen LogP contribution in [-0.4, -0.2) is 20.7 Å². The van der Waals surface area contributed by atoms with E-state index in [-0.39, 0.29) is 16.6 Å². The molecule has 1 aromatic carbocycles. The van der Waals surface area contributed by atoms with E-state index in [1.165, 1.54) is 6.07 Å². The first kappa shape index (κ1) is 13.6. The normalized spacial score (nSPS) is 13.1. The summed E-state index contributed by atoms with van der Waals surface area (Å²) < 4.78 is 23.0. The van der Waals surface area contributed by atoms with Gasteiger partial charge >= 0.3 is 0 Å². The zero-order valence-corrected chi connectivity index (χ0v) is 10.9. The molecule has 1 aromatic rings. The number of rotatable bonds is 5. The summed E-state index contributed by atoms with van der Waals surface area (Å²) in [5, 5.41) is 3.16. The van der Waals surface area contributed by atoms with E-state index in [1.54, 1.807) is 18.2 Å². The van der Waals surface area contributed by atoms with Crippen molar-refractivity contribution in [3.63, 3.8) is 0 Å². The highest BCUT2D eigenvalue weighted by atomic mass is 32.2. The molecule has 0 saturated heterocycles. The summed E-state index contributed by atoms with van der Waals surface area (Å²) in [4.78, 5) is 0.160. The van der Waals surface area contributed by atoms with Crippen molar-refractivity contribution in [3.05, 3.63) is 30.9 Å². The lowest BCUT2D eigenvalue weighted by Gasteiger charge is -2.16. The highest BCUT2D eigenvalue weighted by molar-refractivity contribution is 7.90. The summed E-state index contributed by atoms with van der Waals surface area (Å²) >= 11 is 0. The maximum absolute atomic E-state index is 11.5. The number of hydrogen-bond acceptors (Lipinski definition) is 4. The molecular formula is C12H18N2O2S. The van der Waals surface area contributed by atoms with E-state index >= 15 is 0 Å². The molecule has 3 N–H and O–H groups in total. The van der Waals surface area contributed by atoms with Crippen LogP contribution >= 0.6 is 0 Å². The summed E-state index contributed by atoms with van der Waals surface area (Å²) in [5.41, 5.74) is 6.76. The van der Waals surface area contributed by atoms with Gasteiger partial charge in [-0.05, 0) is 25.5 Å². The Kier molecular flexibility index (Phi) is 4.17. The molecular weight excluding hydrogens is 236 g/mol. The molecule has 0 aliphatic rings. The minimum absolute atomic E-state index is 0.157. The van der Waals surface area contributed by atoms with Gasteiger partial charge in [-0.1, -0.05) is 12.1 Å². The molecule has 0 bridgehead atoms. The van der Waals surface area contributed by atoms with Crippen LogP contribution in [0.25, 0.3) is 0 Å². The number of nitrogens with two attached hydrogens (primary N) is 1. The Bertz CT molecular complexity index is 509. The van der Waals surface area contributed by atoms with E-state index < -0.39 is 9.84 Å². The molecule has 0 saturated carbocycles. The van der Waals surface area contributed by atoms with Gasteiger partial charge in [0.05, 0.1) is 16.3 Å². The third-order valence-electron chi connectivity index (χ3n) is 2.39. The quantitative estimate of drug-likeness (QED) is 0.623. The molecule has 1 unspecified atom stereocenters. The maximum Gasteiger partial charge on any atom is 0.177 e. The van der Waals surface area contributed by atoms with Crippen molar-refractivity contribution in [1.82, 2.24) is 0 Å². The second-order valence-corrected chi connectivity index (χ2v) is 6.04. The number of anilines is 2. The number of hydrogen-bond donors (Lipinski definition) is 2. The van der Waals surface area contributed by atoms with Gasteiger partial charge in [-0.3, -0.25) is 0 Å². The molecule has 0 aliphatic carbocycles. The zero-order valence-electron chi connectivity index (χ0n) is 10.1. The summed E-state index contributed by atoms with van der Waals surface area (Å²) in [7, 11) is -3.29. The summed E-state index contributed by atoms with van der Waals surface area (Å²) in [6.07, 6.45) is 3.73.